The summed E-state index contributed by atoms with van der Waals surface area (Å²) in [5.41, 5.74) is 0.463. The van der Waals surface area contributed by atoms with Gasteiger partial charge in [0.15, 0.2) is 16.8 Å². The first-order chi connectivity index (χ1) is 10.6. The fourth-order valence-electron chi connectivity index (χ4n) is 2.03. The molecule has 1 aromatic heterocycles. The molecule has 0 saturated carbocycles. The van der Waals surface area contributed by atoms with Crippen molar-refractivity contribution in [2.24, 2.45) is 0 Å². The lowest BCUT2D eigenvalue weighted by Crippen LogP contribution is -2.15. The molecule has 0 fully saturated rings. The van der Waals surface area contributed by atoms with E-state index in [0.29, 0.717) is 23.1 Å². The summed E-state index contributed by atoms with van der Waals surface area (Å²) in [6.45, 7) is 4.29. The number of aromatic nitrogens is 3. The van der Waals surface area contributed by atoms with Gasteiger partial charge in [0.2, 0.25) is 0 Å². The smallest absolute Gasteiger partial charge is 0.191 e. The molecule has 2 aromatic rings. The van der Waals surface area contributed by atoms with E-state index in [1.54, 1.807) is 6.92 Å². The van der Waals surface area contributed by atoms with Crippen LogP contribution in [-0.4, -0.2) is 30.9 Å². The predicted molar refractivity (Wildman–Crippen MR) is 82.3 cm³/mol. The highest BCUT2D eigenvalue weighted by Crippen LogP contribution is 2.25. The number of rotatable bonds is 7. The Bertz CT molecular complexity index is 643. The maximum Gasteiger partial charge on any atom is 0.191 e. The van der Waals surface area contributed by atoms with Gasteiger partial charge >= 0.3 is 0 Å². The summed E-state index contributed by atoms with van der Waals surface area (Å²) in [6, 6.07) is 5.50. The van der Waals surface area contributed by atoms with E-state index in [1.165, 1.54) is 36.0 Å². The van der Waals surface area contributed by atoms with Crippen molar-refractivity contribution in [3.05, 3.63) is 41.5 Å². The molecule has 0 aliphatic heterocycles. The number of aliphatic hydroxyl groups is 1. The molecule has 0 amide bonds. The summed E-state index contributed by atoms with van der Waals surface area (Å²) in [6.07, 6.45) is 0.874. The number of carbonyl (C=O) groups is 1. The van der Waals surface area contributed by atoms with E-state index < -0.39 is 0 Å². The molecule has 22 heavy (non-hydrogen) atoms. The van der Waals surface area contributed by atoms with Crippen LogP contribution in [0, 0.1) is 5.82 Å². The normalized spacial score (nSPS) is 12.4. The first-order valence-corrected chi connectivity index (χ1v) is 7.94. The molecule has 0 radical (unpaired) electrons. The lowest BCUT2D eigenvalue weighted by atomic mass is 10.1. The molecule has 1 aromatic carbocycles. The molecule has 0 aliphatic carbocycles. The Morgan fingerprint density at radius 1 is 1.36 bits per heavy atom. The van der Waals surface area contributed by atoms with Gasteiger partial charge in [-0.3, -0.25) is 4.79 Å². The van der Waals surface area contributed by atoms with E-state index in [1.807, 2.05) is 11.5 Å². The molecule has 2 rings (SSSR count). The van der Waals surface area contributed by atoms with Crippen LogP contribution in [0.5, 0.6) is 0 Å². The number of thioether (sulfide) groups is 1. The van der Waals surface area contributed by atoms with E-state index >= 15 is 0 Å². The Morgan fingerprint density at radius 3 is 2.64 bits per heavy atom. The minimum Gasteiger partial charge on any atom is -0.388 e. The second kappa shape index (κ2) is 7.51. The Labute approximate surface area is 132 Å². The third-order valence-corrected chi connectivity index (χ3v) is 4.24. The highest BCUT2D eigenvalue weighted by molar-refractivity contribution is 8.00. The van der Waals surface area contributed by atoms with Crippen LogP contribution in [0.4, 0.5) is 4.39 Å². The Kier molecular flexibility index (Phi) is 5.68. The summed E-state index contributed by atoms with van der Waals surface area (Å²) in [5.74, 6) is 0.0273. The molecule has 118 valence electrons. The molecular weight excluding hydrogens is 305 g/mol. The summed E-state index contributed by atoms with van der Waals surface area (Å²) in [7, 11) is 0. The van der Waals surface area contributed by atoms with Crippen molar-refractivity contribution >= 4 is 17.5 Å². The number of halogens is 1. The molecule has 7 heteroatoms. The van der Waals surface area contributed by atoms with Gasteiger partial charge in [-0.15, -0.1) is 10.2 Å². The predicted octanol–water partition coefficient (Wildman–Crippen LogP) is 2.68. The van der Waals surface area contributed by atoms with E-state index in [-0.39, 0.29) is 23.5 Å². The topological polar surface area (TPSA) is 68.0 Å². The number of hydrogen-bond acceptors (Lipinski definition) is 5. The molecule has 5 nitrogen and oxygen atoms in total. The minimum atomic E-state index is -0.378. The zero-order valence-electron chi connectivity index (χ0n) is 12.5. The number of Topliss-reactive ketones (excluding diaryl/α,β-unsaturated/α-hetero) is 1. The van der Waals surface area contributed by atoms with Gasteiger partial charge < -0.3 is 9.67 Å². The van der Waals surface area contributed by atoms with Gasteiger partial charge in [-0.2, -0.15) is 0 Å². The number of nitrogens with zero attached hydrogens (tertiary/aromatic N) is 3. The first-order valence-electron chi connectivity index (χ1n) is 7.06. The standard InChI is InChI=1S/C15H18FN3O2S/c1-3-8-19-13(9-20)17-18-15(19)22-10(2)14(21)11-4-6-12(16)7-5-11/h4-7,10,20H,3,8-9H2,1-2H3. The molecule has 0 bridgehead atoms. The summed E-state index contributed by atoms with van der Waals surface area (Å²) in [4.78, 5) is 12.4. The fraction of sp³-hybridized carbons (Fsp3) is 0.400. The zero-order valence-corrected chi connectivity index (χ0v) is 13.3. The van der Waals surface area contributed by atoms with Gasteiger partial charge in [0.25, 0.3) is 0 Å². The maximum absolute atomic E-state index is 12.9. The average Bonchev–Trinajstić information content (AvgIpc) is 2.89. The third kappa shape index (κ3) is 3.72. The van der Waals surface area contributed by atoms with Crippen LogP contribution in [0.3, 0.4) is 0 Å². The van der Waals surface area contributed by atoms with E-state index in [0.717, 1.165) is 6.42 Å². The van der Waals surface area contributed by atoms with Gasteiger partial charge in [-0.1, -0.05) is 18.7 Å². The number of ketones is 1. The quantitative estimate of drug-likeness (QED) is 0.627. The van der Waals surface area contributed by atoms with Crippen LogP contribution in [-0.2, 0) is 13.2 Å². The summed E-state index contributed by atoms with van der Waals surface area (Å²) in [5, 5.41) is 17.5. The SMILES string of the molecule is CCCn1c(CO)nnc1SC(C)C(=O)c1ccc(F)cc1. The van der Waals surface area contributed by atoms with Gasteiger partial charge in [0.1, 0.15) is 12.4 Å². The second-order valence-electron chi connectivity index (χ2n) is 4.84. The molecule has 1 atom stereocenters. The van der Waals surface area contributed by atoms with Crippen molar-refractivity contribution in [1.29, 1.82) is 0 Å². The fourth-order valence-corrected chi connectivity index (χ4v) is 3.00. The number of hydrogen-bond donors (Lipinski definition) is 1. The lowest BCUT2D eigenvalue weighted by molar-refractivity contribution is 0.0994. The van der Waals surface area contributed by atoms with Crippen LogP contribution in [0.15, 0.2) is 29.4 Å². The number of carbonyl (C=O) groups excluding carboxylic acids is 1. The van der Waals surface area contributed by atoms with Crippen LogP contribution in [0.2, 0.25) is 0 Å². The second-order valence-corrected chi connectivity index (χ2v) is 6.15. The lowest BCUT2D eigenvalue weighted by Gasteiger charge is -2.12. The maximum atomic E-state index is 12.9. The van der Waals surface area contributed by atoms with Crippen LogP contribution in [0.25, 0.3) is 0 Å². The van der Waals surface area contributed by atoms with E-state index in [2.05, 4.69) is 10.2 Å². The molecule has 1 N–H and O–H groups in total. The Balaban J connectivity index is 2.14. The number of aliphatic hydroxyl groups excluding tert-OH is 1. The zero-order chi connectivity index (χ0) is 16.1. The van der Waals surface area contributed by atoms with Crippen molar-refractivity contribution in [2.75, 3.05) is 0 Å². The molecule has 0 spiro atoms. The van der Waals surface area contributed by atoms with Crippen molar-refractivity contribution in [1.82, 2.24) is 14.8 Å². The van der Waals surface area contributed by atoms with Crippen LogP contribution < -0.4 is 0 Å². The van der Waals surface area contributed by atoms with Crippen molar-refractivity contribution in [2.45, 2.75) is 43.8 Å². The van der Waals surface area contributed by atoms with Gasteiger partial charge in [-0.05, 0) is 37.6 Å². The molecular formula is C15H18FN3O2S. The average molecular weight is 323 g/mol. The highest BCUT2D eigenvalue weighted by atomic mass is 32.2. The molecule has 0 saturated heterocycles. The summed E-state index contributed by atoms with van der Waals surface area (Å²) >= 11 is 1.29. The van der Waals surface area contributed by atoms with Crippen molar-refractivity contribution in [3.63, 3.8) is 0 Å². The molecule has 0 aliphatic rings. The monoisotopic (exact) mass is 323 g/mol. The Morgan fingerprint density at radius 2 is 2.05 bits per heavy atom. The largest absolute Gasteiger partial charge is 0.388 e. The first kappa shape index (κ1) is 16.6. The van der Waals surface area contributed by atoms with Crippen LogP contribution in [0.1, 0.15) is 36.5 Å². The molecule has 1 unspecified atom stereocenters. The van der Waals surface area contributed by atoms with Crippen molar-refractivity contribution in [3.8, 4) is 0 Å². The molecule has 1 heterocycles. The van der Waals surface area contributed by atoms with Gasteiger partial charge in [0.05, 0.1) is 5.25 Å². The Hall–Kier alpha value is -1.73. The van der Waals surface area contributed by atoms with Crippen molar-refractivity contribution < 1.29 is 14.3 Å². The number of benzene rings is 1. The summed E-state index contributed by atoms with van der Waals surface area (Å²) < 4.78 is 14.7. The minimum absolute atomic E-state index is 0.0957. The van der Waals surface area contributed by atoms with E-state index in [9.17, 15) is 14.3 Å². The van der Waals surface area contributed by atoms with Crippen LogP contribution >= 0.6 is 11.8 Å². The van der Waals surface area contributed by atoms with Gasteiger partial charge in [0, 0.05) is 12.1 Å². The van der Waals surface area contributed by atoms with E-state index in [4.69, 9.17) is 0 Å². The third-order valence-electron chi connectivity index (χ3n) is 3.16. The van der Waals surface area contributed by atoms with Gasteiger partial charge in [-0.25, -0.2) is 4.39 Å². The highest BCUT2D eigenvalue weighted by Gasteiger charge is 2.20.